The first-order valence-corrected chi connectivity index (χ1v) is 5.84. The van der Waals surface area contributed by atoms with E-state index in [4.69, 9.17) is 5.11 Å². The van der Waals surface area contributed by atoms with Gasteiger partial charge in [-0.3, -0.25) is 9.69 Å². The number of nitrogens with zero attached hydrogens (tertiary/aromatic N) is 2. The van der Waals surface area contributed by atoms with E-state index in [0.717, 1.165) is 10.2 Å². The number of carbonyl (C=O) groups is 1. The van der Waals surface area contributed by atoms with E-state index >= 15 is 0 Å². The van der Waals surface area contributed by atoms with Crippen LogP contribution in [0, 0.1) is 0 Å². The van der Waals surface area contributed by atoms with Gasteiger partial charge in [0, 0.05) is 18.8 Å². The van der Waals surface area contributed by atoms with E-state index in [2.05, 4.69) is 20.9 Å². The smallest absolute Gasteiger partial charge is 0.317 e. The Hall–Kier alpha value is -0.940. The van der Waals surface area contributed by atoms with Crippen LogP contribution in [-0.2, 0) is 11.3 Å². The van der Waals surface area contributed by atoms with Gasteiger partial charge in [0.05, 0.1) is 6.54 Å². The number of aliphatic carboxylic acids is 1. The molecule has 88 valence electrons. The Morgan fingerprint density at radius 1 is 1.56 bits per heavy atom. The Morgan fingerprint density at radius 2 is 2.25 bits per heavy atom. The van der Waals surface area contributed by atoms with Crippen molar-refractivity contribution in [1.29, 1.82) is 0 Å². The van der Waals surface area contributed by atoms with Gasteiger partial charge in [-0.2, -0.15) is 0 Å². The predicted molar refractivity (Wildman–Crippen MR) is 65.1 cm³/mol. The van der Waals surface area contributed by atoms with Gasteiger partial charge in [-0.1, -0.05) is 6.07 Å². The SMILES string of the molecule is CC(C)N(CC(=O)O)Cc1ccc(Br)nc1. The van der Waals surface area contributed by atoms with Gasteiger partial charge in [0.15, 0.2) is 0 Å². The maximum absolute atomic E-state index is 10.7. The first kappa shape index (κ1) is 13.1. The van der Waals surface area contributed by atoms with Crippen LogP contribution in [0.1, 0.15) is 19.4 Å². The summed E-state index contributed by atoms with van der Waals surface area (Å²) in [6.45, 7) is 4.61. The molecule has 5 heteroatoms. The Bertz CT molecular complexity index is 352. The minimum atomic E-state index is -0.807. The molecule has 0 atom stereocenters. The molecule has 0 aliphatic carbocycles. The summed E-state index contributed by atoms with van der Waals surface area (Å²) in [7, 11) is 0. The van der Waals surface area contributed by atoms with E-state index in [9.17, 15) is 4.79 Å². The normalized spacial score (nSPS) is 11.1. The summed E-state index contributed by atoms with van der Waals surface area (Å²) in [6, 6.07) is 3.99. The second kappa shape index (κ2) is 5.96. The van der Waals surface area contributed by atoms with Crippen molar-refractivity contribution in [3.05, 3.63) is 28.5 Å². The molecule has 0 unspecified atom stereocenters. The molecule has 0 aromatic carbocycles. The summed E-state index contributed by atoms with van der Waals surface area (Å²) in [5.41, 5.74) is 1.01. The maximum atomic E-state index is 10.7. The van der Waals surface area contributed by atoms with Crippen LogP contribution < -0.4 is 0 Å². The zero-order valence-electron chi connectivity index (χ0n) is 9.35. The average molecular weight is 287 g/mol. The standard InChI is InChI=1S/C11H15BrN2O2/c1-8(2)14(7-11(15)16)6-9-3-4-10(12)13-5-9/h3-5,8H,6-7H2,1-2H3,(H,15,16). The van der Waals surface area contributed by atoms with E-state index in [-0.39, 0.29) is 12.6 Å². The third-order valence-electron chi connectivity index (χ3n) is 2.24. The highest BCUT2D eigenvalue weighted by molar-refractivity contribution is 9.10. The Morgan fingerprint density at radius 3 is 2.69 bits per heavy atom. The number of pyridine rings is 1. The molecule has 0 saturated carbocycles. The summed E-state index contributed by atoms with van der Waals surface area (Å²) in [5, 5.41) is 8.79. The second-order valence-electron chi connectivity index (χ2n) is 3.88. The molecule has 0 radical (unpaired) electrons. The van der Waals surface area contributed by atoms with Gasteiger partial charge < -0.3 is 5.11 Å². The molecule has 0 bridgehead atoms. The molecule has 1 rings (SSSR count). The van der Waals surface area contributed by atoms with Crippen LogP contribution in [0.2, 0.25) is 0 Å². The highest BCUT2D eigenvalue weighted by atomic mass is 79.9. The predicted octanol–water partition coefficient (Wildman–Crippen LogP) is 2.14. The fraction of sp³-hybridized carbons (Fsp3) is 0.455. The largest absolute Gasteiger partial charge is 0.480 e. The highest BCUT2D eigenvalue weighted by Gasteiger charge is 2.13. The number of hydrogen-bond donors (Lipinski definition) is 1. The Kier molecular flexibility index (Phi) is 4.89. The van der Waals surface area contributed by atoms with Crippen molar-refractivity contribution in [1.82, 2.24) is 9.88 Å². The minimum Gasteiger partial charge on any atom is -0.480 e. The van der Waals surface area contributed by atoms with Crippen molar-refractivity contribution in [3.63, 3.8) is 0 Å². The van der Waals surface area contributed by atoms with Crippen molar-refractivity contribution < 1.29 is 9.90 Å². The van der Waals surface area contributed by atoms with Crippen molar-refractivity contribution in [2.45, 2.75) is 26.4 Å². The molecule has 0 spiro atoms. The first-order chi connectivity index (χ1) is 7.49. The third-order valence-corrected chi connectivity index (χ3v) is 2.71. The lowest BCUT2D eigenvalue weighted by molar-refractivity contribution is -0.138. The van der Waals surface area contributed by atoms with E-state index in [1.54, 1.807) is 6.20 Å². The van der Waals surface area contributed by atoms with Gasteiger partial charge in [-0.05, 0) is 41.4 Å². The van der Waals surface area contributed by atoms with Crippen LogP contribution in [0.25, 0.3) is 0 Å². The molecule has 0 amide bonds. The highest BCUT2D eigenvalue weighted by Crippen LogP contribution is 2.10. The van der Waals surface area contributed by atoms with Crippen LogP contribution in [0.4, 0.5) is 0 Å². The van der Waals surface area contributed by atoms with Crippen molar-refractivity contribution in [2.75, 3.05) is 6.54 Å². The van der Waals surface area contributed by atoms with Crippen molar-refractivity contribution in [2.24, 2.45) is 0 Å². The number of carboxylic acids is 1. The molecule has 0 aliphatic heterocycles. The number of hydrogen-bond acceptors (Lipinski definition) is 3. The molecule has 4 nitrogen and oxygen atoms in total. The summed E-state index contributed by atoms with van der Waals surface area (Å²) in [5.74, 6) is -0.807. The quantitative estimate of drug-likeness (QED) is 0.843. The lowest BCUT2D eigenvalue weighted by atomic mass is 10.2. The van der Waals surface area contributed by atoms with Gasteiger partial charge in [0.2, 0.25) is 0 Å². The van der Waals surface area contributed by atoms with Crippen molar-refractivity contribution in [3.8, 4) is 0 Å². The Balaban J connectivity index is 2.67. The second-order valence-corrected chi connectivity index (χ2v) is 4.69. The topological polar surface area (TPSA) is 53.4 Å². The molecule has 0 fully saturated rings. The van der Waals surface area contributed by atoms with Gasteiger partial charge in [-0.25, -0.2) is 4.98 Å². The van der Waals surface area contributed by atoms with Crippen LogP contribution >= 0.6 is 15.9 Å². The van der Waals surface area contributed by atoms with E-state index in [1.807, 2.05) is 30.9 Å². The summed E-state index contributed by atoms with van der Waals surface area (Å²) in [4.78, 5) is 16.7. The lowest BCUT2D eigenvalue weighted by Gasteiger charge is -2.24. The molecule has 1 N–H and O–H groups in total. The number of rotatable bonds is 5. The van der Waals surface area contributed by atoms with Gasteiger partial charge in [0.1, 0.15) is 4.60 Å². The molecular weight excluding hydrogens is 272 g/mol. The number of aromatic nitrogens is 1. The monoisotopic (exact) mass is 286 g/mol. The first-order valence-electron chi connectivity index (χ1n) is 5.05. The summed E-state index contributed by atoms with van der Waals surface area (Å²) >= 11 is 3.26. The molecule has 0 saturated heterocycles. The summed E-state index contributed by atoms with van der Waals surface area (Å²) < 4.78 is 0.783. The molecule has 16 heavy (non-hydrogen) atoms. The fourth-order valence-corrected chi connectivity index (χ4v) is 1.56. The number of carboxylic acid groups (broad SMARTS) is 1. The summed E-state index contributed by atoms with van der Waals surface area (Å²) in [6.07, 6.45) is 1.75. The van der Waals surface area contributed by atoms with Gasteiger partial charge in [-0.15, -0.1) is 0 Å². The lowest BCUT2D eigenvalue weighted by Crippen LogP contribution is -2.35. The average Bonchev–Trinajstić information content (AvgIpc) is 2.19. The van der Waals surface area contributed by atoms with Crippen LogP contribution in [0.15, 0.2) is 22.9 Å². The molecule has 1 aromatic heterocycles. The Labute approximate surface area is 103 Å². The van der Waals surface area contributed by atoms with Crippen molar-refractivity contribution >= 4 is 21.9 Å². The van der Waals surface area contributed by atoms with E-state index in [0.29, 0.717) is 6.54 Å². The van der Waals surface area contributed by atoms with E-state index in [1.165, 1.54) is 0 Å². The third kappa shape index (κ3) is 4.28. The van der Waals surface area contributed by atoms with Gasteiger partial charge >= 0.3 is 5.97 Å². The van der Waals surface area contributed by atoms with Crippen LogP contribution in [0.3, 0.4) is 0 Å². The molecular formula is C11H15BrN2O2. The number of halogens is 1. The van der Waals surface area contributed by atoms with Crippen LogP contribution in [0.5, 0.6) is 0 Å². The van der Waals surface area contributed by atoms with E-state index < -0.39 is 5.97 Å². The fourth-order valence-electron chi connectivity index (χ4n) is 1.33. The minimum absolute atomic E-state index is 0.0493. The zero-order chi connectivity index (χ0) is 12.1. The van der Waals surface area contributed by atoms with Gasteiger partial charge in [0.25, 0.3) is 0 Å². The molecule has 1 aromatic rings. The molecule has 0 aliphatic rings. The molecule has 1 heterocycles. The van der Waals surface area contributed by atoms with Crippen LogP contribution in [-0.4, -0.2) is 33.5 Å². The maximum Gasteiger partial charge on any atom is 0.317 e. The zero-order valence-corrected chi connectivity index (χ0v) is 10.9.